The fourth-order valence-electron chi connectivity index (χ4n) is 1.11. The van der Waals surface area contributed by atoms with Gasteiger partial charge in [0.25, 0.3) is 0 Å². The van der Waals surface area contributed by atoms with Crippen molar-refractivity contribution in [2.75, 3.05) is 13.1 Å². The topological polar surface area (TPSA) is 72.2 Å². The number of sulfonamides is 1. The van der Waals surface area contributed by atoms with Crippen LogP contribution in [0.2, 0.25) is 0 Å². The summed E-state index contributed by atoms with van der Waals surface area (Å²) in [5.74, 6) is -1.95. The standard InChI is InChI=1S/C10H12F2N2O2S/c11-8-3-4-10(9(12)7-8)17(15,16)14-6-2-1-5-13/h1-4,7,14H,5-6,13H2/b2-1+. The summed E-state index contributed by atoms with van der Waals surface area (Å²) in [5.41, 5.74) is 5.16. The second-order valence-corrected chi connectivity index (χ2v) is 4.87. The Hall–Kier alpha value is -1.31. The Labute approximate surface area is 98.2 Å². The molecule has 0 radical (unpaired) electrons. The summed E-state index contributed by atoms with van der Waals surface area (Å²) in [6.07, 6.45) is 3.06. The SMILES string of the molecule is NC/C=C/CNS(=O)(=O)c1ccc(F)cc1F. The van der Waals surface area contributed by atoms with Gasteiger partial charge in [-0.3, -0.25) is 0 Å². The Balaban J connectivity index is 2.86. The van der Waals surface area contributed by atoms with Gasteiger partial charge in [-0.05, 0) is 12.1 Å². The maximum absolute atomic E-state index is 13.2. The third-order valence-electron chi connectivity index (χ3n) is 1.88. The molecule has 0 aliphatic carbocycles. The van der Waals surface area contributed by atoms with Gasteiger partial charge in [0, 0.05) is 19.2 Å². The molecule has 1 aromatic carbocycles. The van der Waals surface area contributed by atoms with Crippen molar-refractivity contribution in [1.29, 1.82) is 0 Å². The van der Waals surface area contributed by atoms with Crippen LogP contribution >= 0.6 is 0 Å². The molecule has 0 saturated heterocycles. The zero-order valence-electron chi connectivity index (χ0n) is 8.86. The molecule has 0 heterocycles. The van der Waals surface area contributed by atoms with Gasteiger partial charge in [-0.25, -0.2) is 21.9 Å². The molecule has 0 unspecified atom stereocenters. The minimum atomic E-state index is -3.97. The molecule has 1 aromatic rings. The molecule has 7 heteroatoms. The van der Waals surface area contributed by atoms with Crippen molar-refractivity contribution in [2.24, 2.45) is 5.73 Å². The minimum Gasteiger partial charge on any atom is -0.327 e. The van der Waals surface area contributed by atoms with Gasteiger partial charge in [0.1, 0.15) is 16.5 Å². The predicted molar refractivity (Wildman–Crippen MR) is 59.7 cm³/mol. The van der Waals surface area contributed by atoms with Gasteiger partial charge in [0.2, 0.25) is 10.0 Å². The van der Waals surface area contributed by atoms with Gasteiger partial charge < -0.3 is 5.73 Å². The highest BCUT2D eigenvalue weighted by Crippen LogP contribution is 2.14. The summed E-state index contributed by atoms with van der Waals surface area (Å²) in [6, 6.07) is 2.28. The Kier molecular flexibility index (Phi) is 4.73. The molecule has 0 atom stereocenters. The Morgan fingerprint density at radius 1 is 1.29 bits per heavy atom. The van der Waals surface area contributed by atoms with Crippen LogP contribution in [-0.2, 0) is 10.0 Å². The first-order chi connectivity index (χ1) is 7.97. The monoisotopic (exact) mass is 262 g/mol. The lowest BCUT2D eigenvalue weighted by molar-refractivity contribution is 0.545. The zero-order valence-corrected chi connectivity index (χ0v) is 9.68. The number of hydrogen-bond donors (Lipinski definition) is 2. The van der Waals surface area contributed by atoms with E-state index in [1.807, 2.05) is 0 Å². The van der Waals surface area contributed by atoms with Crippen molar-refractivity contribution in [1.82, 2.24) is 4.72 Å². The van der Waals surface area contributed by atoms with E-state index in [0.717, 1.165) is 12.1 Å². The third kappa shape index (κ3) is 3.88. The molecule has 0 aromatic heterocycles. The first-order valence-corrected chi connectivity index (χ1v) is 6.25. The van der Waals surface area contributed by atoms with Crippen LogP contribution in [0.25, 0.3) is 0 Å². The predicted octanol–water partition coefficient (Wildman–Crippen LogP) is 0.758. The maximum Gasteiger partial charge on any atom is 0.243 e. The normalized spacial score (nSPS) is 12.2. The molecular formula is C10H12F2N2O2S. The van der Waals surface area contributed by atoms with Gasteiger partial charge in [-0.2, -0.15) is 0 Å². The van der Waals surface area contributed by atoms with Crippen LogP contribution in [0.5, 0.6) is 0 Å². The Morgan fingerprint density at radius 3 is 2.59 bits per heavy atom. The van der Waals surface area contributed by atoms with Crippen molar-refractivity contribution in [3.63, 3.8) is 0 Å². The van der Waals surface area contributed by atoms with E-state index in [9.17, 15) is 17.2 Å². The number of hydrogen-bond acceptors (Lipinski definition) is 3. The molecule has 0 fully saturated rings. The lowest BCUT2D eigenvalue weighted by Gasteiger charge is -2.05. The lowest BCUT2D eigenvalue weighted by Crippen LogP contribution is -2.24. The van der Waals surface area contributed by atoms with E-state index in [0.29, 0.717) is 6.07 Å². The van der Waals surface area contributed by atoms with Gasteiger partial charge >= 0.3 is 0 Å². The molecule has 1 rings (SSSR count). The van der Waals surface area contributed by atoms with Crippen LogP contribution in [-0.4, -0.2) is 21.5 Å². The van der Waals surface area contributed by atoms with E-state index in [2.05, 4.69) is 4.72 Å². The number of nitrogens with two attached hydrogens (primary N) is 1. The first-order valence-electron chi connectivity index (χ1n) is 4.77. The van der Waals surface area contributed by atoms with Gasteiger partial charge in [-0.15, -0.1) is 0 Å². The average Bonchev–Trinajstić information content (AvgIpc) is 2.24. The van der Waals surface area contributed by atoms with Crippen molar-refractivity contribution < 1.29 is 17.2 Å². The van der Waals surface area contributed by atoms with E-state index in [1.54, 1.807) is 6.08 Å². The third-order valence-corrected chi connectivity index (χ3v) is 3.33. The molecule has 0 aliphatic rings. The fourth-order valence-corrected chi connectivity index (χ4v) is 2.14. The van der Waals surface area contributed by atoms with Crippen LogP contribution in [0.15, 0.2) is 35.2 Å². The highest BCUT2D eigenvalue weighted by molar-refractivity contribution is 7.89. The second kappa shape index (κ2) is 5.85. The van der Waals surface area contributed by atoms with Crippen LogP contribution in [0.4, 0.5) is 8.78 Å². The molecule has 17 heavy (non-hydrogen) atoms. The first kappa shape index (κ1) is 13.8. The van der Waals surface area contributed by atoms with Gasteiger partial charge in [0.05, 0.1) is 0 Å². The van der Waals surface area contributed by atoms with E-state index in [4.69, 9.17) is 5.73 Å². The second-order valence-electron chi connectivity index (χ2n) is 3.13. The highest BCUT2D eigenvalue weighted by Gasteiger charge is 2.18. The Morgan fingerprint density at radius 2 is 2.00 bits per heavy atom. The lowest BCUT2D eigenvalue weighted by atomic mass is 10.3. The van der Waals surface area contributed by atoms with E-state index >= 15 is 0 Å². The molecule has 0 amide bonds. The molecule has 0 aliphatic heterocycles. The van der Waals surface area contributed by atoms with Crippen LogP contribution in [0, 0.1) is 11.6 Å². The molecule has 0 bridgehead atoms. The average molecular weight is 262 g/mol. The summed E-state index contributed by atoms with van der Waals surface area (Å²) in [6.45, 7) is 0.281. The molecule has 3 N–H and O–H groups in total. The number of halogens is 2. The smallest absolute Gasteiger partial charge is 0.243 e. The molecule has 0 saturated carbocycles. The maximum atomic E-state index is 13.2. The van der Waals surface area contributed by atoms with Crippen LogP contribution in [0.1, 0.15) is 0 Å². The van der Waals surface area contributed by atoms with Crippen LogP contribution in [0.3, 0.4) is 0 Å². The summed E-state index contributed by atoms with van der Waals surface area (Å²) >= 11 is 0. The highest BCUT2D eigenvalue weighted by atomic mass is 32.2. The summed E-state index contributed by atoms with van der Waals surface area (Å²) in [7, 11) is -3.97. The van der Waals surface area contributed by atoms with E-state index in [1.165, 1.54) is 6.08 Å². The van der Waals surface area contributed by atoms with Crippen molar-refractivity contribution >= 4 is 10.0 Å². The summed E-state index contributed by atoms with van der Waals surface area (Å²) in [5, 5.41) is 0. The van der Waals surface area contributed by atoms with Crippen molar-refractivity contribution in [3.8, 4) is 0 Å². The summed E-state index contributed by atoms with van der Waals surface area (Å²) in [4.78, 5) is -0.583. The summed E-state index contributed by atoms with van der Waals surface area (Å²) < 4.78 is 51.1. The number of benzene rings is 1. The molecule has 4 nitrogen and oxygen atoms in total. The fraction of sp³-hybridized carbons (Fsp3) is 0.200. The molecule has 94 valence electrons. The van der Waals surface area contributed by atoms with Crippen LogP contribution < -0.4 is 10.5 Å². The minimum absolute atomic E-state index is 0.00362. The largest absolute Gasteiger partial charge is 0.327 e. The molecular weight excluding hydrogens is 250 g/mol. The van der Waals surface area contributed by atoms with Crippen molar-refractivity contribution in [3.05, 3.63) is 42.0 Å². The number of rotatable bonds is 5. The van der Waals surface area contributed by atoms with E-state index in [-0.39, 0.29) is 13.1 Å². The Bertz CT molecular complexity index is 515. The van der Waals surface area contributed by atoms with Gasteiger partial charge in [0.15, 0.2) is 0 Å². The van der Waals surface area contributed by atoms with Crippen molar-refractivity contribution in [2.45, 2.75) is 4.90 Å². The van der Waals surface area contributed by atoms with E-state index < -0.39 is 26.6 Å². The number of nitrogens with one attached hydrogen (secondary N) is 1. The zero-order chi connectivity index (χ0) is 12.9. The quantitative estimate of drug-likeness (QED) is 0.769. The molecule has 0 spiro atoms. The van der Waals surface area contributed by atoms with Gasteiger partial charge in [-0.1, -0.05) is 12.2 Å².